The van der Waals surface area contributed by atoms with Crippen LogP contribution in [0, 0.1) is 17.8 Å². The minimum Gasteiger partial charge on any atom is -0.459 e. The number of amides is 2. The minimum atomic E-state index is -5.21. The van der Waals surface area contributed by atoms with Gasteiger partial charge in [-0.05, 0) is 84.5 Å². The number of fused-ring (bicyclic) bond motifs is 1. The maximum atomic E-state index is 13.8. The Morgan fingerprint density at radius 2 is 1.73 bits per heavy atom. The summed E-state index contributed by atoms with van der Waals surface area (Å²) in [6, 6.07) is 8.96. The van der Waals surface area contributed by atoms with Crippen LogP contribution in [0.5, 0.6) is 0 Å². The highest BCUT2D eigenvalue weighted by Gasteiger charge is 2.55. The maximum absolute atomic E-state index is 13.8. The van der Waals surface area contributed by atoms with Gasteiger partial charge in [0, 0.05) is 19.2 Å². The highest BCUT2D eigenvalue weighted by molar-refractivity contribution is 6.22. The van der Waals surface area contributed by atoms with Gasteiger partial charge in [0.05, 0.1) is 53.7 Å². The van der Waals surface area contributed by atoms with E-state index in [9.17, 15) is 51.3 Å². The maximum Gasteiger partial charge on any atom is 0.416 e. The van der Waals surface area contributed by atoms with E-state index < -0.39 is 71.4 Å². The van der Waals surface area contributed by atoms with E-state index in [1.807, 2.05) is 0 Å². The van der Waals surface area contributed by atoms with Crippen LogP contribution >= 0.6 is 0 Å². The number of methoxy groups -OCH3 is 1. The summed E-state index contributed by atoms with van der Waals surface area (Å²) in [4.78, 5) is 32.1. The van der Waals surface area contributed by atoms with Crippen molar-refractivity contribution in [1.82, 2.24) is 4.98 Å². The number of halogens is 6. The quantitative estimate of drug-likeness (QED) is 0.133. The summed E-state index contributed by atoms with van der Waals surface area (Å²) in [5.74, 6) is -5.19. The Morgan fingerprint density at radius 3 is 2.29 bits per heavy atom. The van der Waals surface area contributed by atoms with Gasteiger partial charge in [-0.15, -0.1) is 0 Å². The van der Waals surface area contributed by atoms with Crippen LogP contribution in [0.15, 0.2) is 70.3 Å². The lowest BCUT2D eigenvalue weighted by molar-refractivity contribution is -0.143. The van der Waals surface area contributed by atoms with Crippen molar-refractivity contribution in [2.24, 2.45) is 17.8 Å². The average Bonchev–Trinajstić information content (AvgIpc) is 3.62. The first-order valence-corrected chi connectivity index (χ1v) is 15.2. The van der Waals surface area contributed by atoms with Gasteiger partial charge in [0.1, 0.15) is 18.1 Å². The Morgan fingerprint density at radius 1 is 1.04 bits per heavy atom. The Labute approximate surface area is 276 Å². The SMILES string of the molecule is COCC1=C([C@H](O)CC/C(=C/c2ccc(CO)o2)c2ccccn2)[C@H](CO)[C@@H]2C(=O)N(c3cc(C(F)(F)F)cc(C(F)(F)F)c3)C(=O)[C@@H]2C1. The Hall–Kier alpha value is -4.31. The first kappa shape index (κ1) is 36.0. The molecule has 1 aliphatic carbocycles. The van der Waals surface area contributed by atoms with Crippen molar-refractivity contribution in [1.29, 1.82) is 0 Å². The van der Waals surface area contributed by atoms with Crippen LogP contribution in [-0.4, -0.2) is 58.5 Å². The summed E-state index contributed by atoms with van der Waals surface area (Å²) in [5.41, 5.74) is -2.53. The van der Waals surface area contributed by atoms with Crippen LogP contribution < -0.4 is 4.90 Å². The molecule has 0 unspecified atom stereocenters. The molecule has 15 heteroatoms. The molecule has 9 nitrogen and oxygen atoms in total. The molecule has 0 bridgehead atoms. The molecule has 2 aliphatic rings. The van der Waals surface area contributed by atoms with Crippen LogP contribution in [0.25, 0.3) is 11.6 Å². The molecule has 0 radical (unpaired) electrons. The molecule has 3 aromatic rings. The third-order valence-corrected chi connectivity index (χ3v) is 8.72. The van der Waals surface area contributed by atoms with Crippen molar-refractivity contribution in [3.63, 3.8) is 0 Å². The third-order valence-electron chi connectivity index (χ3n) is 8.72. The highest BCUT2D eigenvalue weighted by Crippen LogP contribution is 2.48. The third kappa shape index (κ3) is 7.49. The zero-order valence-electron chi connectivity index (χ0n) is 26.0. The van der Waals surface area contributed by atoms with Gasteiger partial charge in [-0.2, -0.15) is 26.3 Å². The van der Waals surface area contributed by atoms with E-state index in [0.717, 1.165) is 0 Å². The van der Waals surface area contributed by atoms with E-state index in [1.165, 1.54) is 7.11 Å². The molecule has 1 aliphatic heterocycles. The van der Waals surface area contributed by atoms with E-state index in [-0.39, 0.29) is 44.1 Å². The smallest absolute Gasteiger partial charge is 0.416 e. The lowest BCUT2D eigenvalue weighted by Crippen LogP contribution is -2.39. The van der Waals surface area contributed by atoms with Gasteiger partial charge in [-0.3, -0.25) is 14.6 Å². The molecule has 0 spiro atoms. The van der Waals surface area contributed by atoms with Crippen LogP contribution in [0.1, 0.15) is 47.6 Å². The van der Waals surface area contributed by atoms with E-state index in [1.54, 1.807) is 42.6 Å². The first-order valence-electron chi connectivity index (χ1n) is 15.2. The number of furan rings is 1. The number of anilines is 1. The number of rotatable bonds is 11. The number of carbonyl (C=O) groups excluding carboxylic acids is 2. The number of alkyl halides is 6. The summed E-state index contributed by atoms with van der Waals surface area (Å²) >= 11 is 0. The molecule has 1 saturated heterocycles. The first-order chi connectivity index (χ1) is 23.2. The van der Waals surface area contributed by atoms with E-state index in [0.29, 0.717) is 45.4 Å². The van der Waals surface area contributed by atoms with E-state index >= 15 is 0 Å². The summed E-state index contributed by atoms with van der Waals surface area (Å²) < 4.78 is 92.6. The van der Waals surface area contributed by atoms with Crippen LogP contribution in [-0.2, 0) is 33.3 Å². The second-order valence-electron chi connectivity index (χ2n) is 11.8. The lowest BCUT2D eigenvalue weighted by Gasteiger charge is -2.36. The van der Waals surface area contributed by atoms with E-state index in [4.69, 9.17) is 9.15 Å². The minimum absolute atomic E-state index is 0.0147. The molecule has 1 aromatic carbocycles. The summed E-state index contributed by atoms with van der Waals surface area (Å²) in [5, 5.41) is 31.5. The number of hydrogen-bond donors (Lipinski definition) is 3. The summed E-state index contributed by atoms with van der Waals surface area (Å²) in [6.07, 6.45) is -8.48. The number of hydrogen-bond acceptors (Lipinski definition) is 8. The van der Waals surface area contributed by atoms with Crippen molar-refractivity contribution < 1.29 is 60.4 Å². The fraction of sp³-hybridized carbons (Fsp3) is 0.382. The lowest BCUT2D eigenvalue weighted by atomic mass is 9.68. The van der Waals surface area contributed by atoms with Crippen LogP contribution in [0.4, 0.5) is 32.0 Å². The standard InChI is InChI=1S/C34H32F6N2O7/c1-48-17-19-11-25-30(32(47)42(31(25)46)22-13-20(33(35,36)37)12-21(14-22)34(38,39)40)26(16-44)29(19)28(45)8-5-18(27-4-2-3-9-41-27)10-23-6-7-24(15-43)49-23/h2-4,6-7,9-10,12-14,25-26,28,30,43-45H,5,8,11,15-17H2,1H3/b18-10-/t25-,26+,28-,30-/m1/s1. The van der Waals surface area contributed by atoms with Crippen molar-refractivity contribution in [2.45, 2.75) is 44.3 Å². The molecule has 3 N–H and O–H groups in total. The molecule has 3 heterocycles. The molecule has 0 saturated carbocycles. The zero-order valence-corrected chi connectivity index (χ0v) is 26.0. The second-order valence-corrected chi connectivity index (χ2v) is 11.8. The molecule has 2 aromatic heterocycles. The fourth-order valence-electron chi connectivity index (χ4n) is 6.59. The number of carbonyl (C=O) groups is 2. The van der Waals surface area contributed by atoms with Crippen molar-refractivity contribution in [3.8, 4) is 0 Å². The van der Waals surface area contributed by atoms with Crippen molar-refractivity contribution in [3.05, 3.63) is 94.2 Å². The number of aliphatic hydroxyl groups excluding tert-OH is 3. The van der Waals surface area contributed by atoms with Gasteiger partial charge in [-0.25, -0.2) is 4.90 Å². The zero-order chi connectivity index (χ0) is 35.7. The molecule has 1 fully saturated rings. The van der Waals surface area contributed by atoms with Gasteiger partial charge >= 0.3 is 12.4 Å². The number of ether oxygens (including phenoxy) is 1. The largest absolute Gasteiger partial charge is 0.459 e. The van der Waals surface area contributed by atoms with Crippen LogP contribution in [0.2, 0.25) is 0 Å². The summed E-state index contributed by atoms with van der Waals surface area (Å²) in [6.45, 7) is -1.21. The number of aromatic nitrogens is 1. The number of pyridine rings is 1. The summed E-state index contributed by atoms with van der Waals surface area (Å²) in [7, 11) is 1.35. The van der Waals surface area contributed by atoms with E-state index in [2.05, 4.69) is 4.98 Å². The van der Waals surface area contributed by atoms with Gasteiger partial charge in [0.2, 0.25) is 11.8 Å². The molecule has 5 rings (SSSR count). The number of imide groups is 1. The Bertz CT molecular complexity index is 1720. The topological polar surface area (TPSA) is 133 Å². The predicted molar refractivity (Wildman–Crippen MR) is 162 cm³/mol. The van der Waals surface area contributed by atoms with Gasteiger partial charge in [-0.1, -0.05) is 6.07 Å². The monoisotopic (exact) mass is 694 g/mol. The van der Waals surface area contributed by atoms with Crippen molar-refractivity contribution >= 4 is 29.2 Å². The molecule has 262 valence electrons. The number of nitrogens with zero attached hydrogens (tertiary/aromatic N) is 2. The number of allylic oxidation sites excluding steroid dienone is 1. The number of aliphatic hydroxyl groups is 3. The molecule has 2 amide bonds. The molecular weight excluding hydrogens is 662 g/mol. The van der Waals surface area contributed by atoms with Gasteiger partial charge < -0.3 is 24.5 Å². The fourth-order valence-corrected chi connectivity index (χ4v) is 6.59. The number of benzene rings is 1. The Kier molecular flexibility index (Phi) is 10.5. The Balaban J connectivity index is 1.48. The van der Waals surface area contributed by atoms with Gasteiger partial charge in [0.15, 0.2) is 0 Å². The average molecular weight is 695 g/mol. The predicted octanol–water partition coefficient (Wildman–Crippen LogP) is 5.65. The van der Waals surface area contributed by atoms with Crippen LogP contribution in [0.3, 0.4) is 0 Å². The van der Waals surface area contributed by atoms with Crippen molar-refractivity contribution in [2.75, 3.05) is 25.2 Å². The highest BCUT2D eigenvalue weighted by atomic mass is 19.4. The second kappa shape index (κ2) is 14.3. The normalized spacial score (nSPS) is 21.1. The molecular formula is C34H32F6N2O7. The van der Waals surface area contributed by atoms with Gasteiger partial charge in [0.25, 0.3) is 0 Å². The molecule has 49 heavy (non-hydrogen) atoms. The molecule has 4 atom stereocenters.